The van der Waals surface area contributed by atoms with Gasteiger partial charge in [0.05, 0.1) is 17.6 Å². The van der Waals surface area contributed by atoms with Gasteiger partial charge in [-0.2, -0.15) is 0 Å². The standard InChI is InChI=1S/C12H19N3/c1-9(13)12-7-6-11(8-14-12)15(2)10-4-3-5-10/h6-10H,3-5,13H2,1-2H3. The number of rotatable bonds is 3. The van der Waals surface area contributed by atoms with Crippen LogP contribution in [0.4, 0.5) is 5.69 Å². The molecule has 2 N–H and O–H groups in total. The van der Waals surface area contributed by atoms with Crippen molar-refractivity contribution in [3.05, 3.63) is 24.0 Å². The SMILES string of the molecule is CC(N)c1ccc(N(C)C2CCC2)cn1. The zero-order valence-electron chi connectivity index (χ0n) is 9.48. The van der Waals surface area contributed by atoms with Gasteiger partial charge in [0, 0.05) is 19.1 Å². The Balaban J connectivity index is 2.08. The lowest BCUT2D eigenvalue weighted by Crippen LogP contribution is -2.37. The molecular weight excluding hydrogens is 186 g/mol. The van der Waals surface area contributed by atoms with Crippen molar-refractivity contribution in [1.82, 2.24) is 4.98 Å². The second-order valence-corrected chi connectivity index (χ2v) is 4.43. The van der Waals surface area contributed by atoms with E-state index in [1.54, 1.807) is 0 Å². The first-order valence-corrected chi connectivity index (χ1v) is 5.63. The highest BCUT2D eigenvalue weighted by Gasteiger charge is 2.22. The van der Waals surface area contributed by atoms with E-state index < -0.39 is 0 Å². The maximum Gasteiger partial charge on any atom is 0.0569 e. The molecule has 1 fully saturated rings. The van der Waals surface area contributed by atoms with Gasteiger partial charge in [-0.05, 0) is 38.3 Å². The van der Waals surface area contributed by atoms with E-state index in [9.17, 15) is 0 Å². The van der Waals surface area contributed by atoms with Gasteiger partial charge in [0.2, 0.25) is 0 Å². The molecule has 0 bridgehead atoms. The highest BCUT2D eigenvalue weighted by Crippen LogP contribution is 2.27. The van der Waals surface area contributed by atoms with Gasteiger partial charge < -0.3 is 10.6 Å². The zero-order chi connectivity index (χ0) is 10.8. The topological polar surface area (TPSA) is 42.1 Å². The Kier molecular flexibility index (Phi) is 2.91. The van der Waals surface area contributed by atoms with Crippen molar-refractivity contribution in [2.24, 2.45) is 5.73 Å². The molecule has 3 heteroatoms. The normalized spacial score (nSPS) is 18.3. The highest BCUT2D eigenvalue weighted by atomic mass is 15.1. The molecule has 1 saturated carbocycles. The van der Waals surface area contributed by atoms with E-state index in [0.717, 1.165) is 5.69 Å². The fourth-order valence-electron chi connectivity index (χ4n) is 1.86. The van der Waals surface area contributed by atoms with Crippen molar-refractivity contribution in [3.63, 3.8) is 0 Å². The van der Waals surface area contributed by atoms with Gasteiger partial charge in [-0.25, -0.2) is 0 Å². The van der Waals surface area contributed by atoms with Crippen molar-refractivity contribution in [2.45, 2.75) is 38.3 Å². The van der Waals surface area contributed by atoms with Crippen LogP contribution in [0.5, 0.6) is 0 Å². The quantitative estimate of drug-likeness (QED) is 0.821. The third kappa shape index (κ3) is 2.12. The lowest BCUT2D eigenvalue weighted by atomic mass is 9.91. The molecule has 15 heavy (non-hydrogen) atoms. The van der Waals surface area contributed by atoms with Crippen LogP contribution in [0.15, 0.2) is 18.3 Å². The summed E-state index contributed by atoms with van der Waals surface area (Å²) in [7, 11) is 2.15. The summed E-state index contributed by atoms with van der Waals surface area (Å²) in [4.78, 5) is 6.69. The summed E-state index contributed by atoms with van der Waals surface area (Å²) in [5.41, 5.74) is 7.92. The molecule has 82 valence electrons. The van der Waals surface area contributed by atoms with Gasteiger partial charge in [-0.3, -0.25) is 4.98 Å². The van der Waals surface area contributed by atoms with Gasteiger partial charge in [0.1, 0.15) is 0 Å². The first-order valence-electron chi connectivity index (χ1n) is 5.63. The van der Waals surface area contributed by atoms with E-state index in [2.05, 4.69) is 23.0 Å². The number of pyridine rings is 1. The number of nitrogens with two attached hydrogens (primary N) is 1. The molecule has 2 rings (SSSR count). The van der Waals surface area contributed by atoms with Gasteiger partial charge in [-0.15, -0.1) is 0 Å². The Morgan fingerprint density at radius 1 is 1.47 bits per heavy atom. The number of aromatic nitrogens is 1. The van der Waals surface area contributed by atoms with Crippen LogP contribution >= 0.6 is 0 Å². The molecule has 1 heterocycles. The van der Waals surface area contributed by atoms with Crippen molar-refractivity contribution < 1.29 is 0 Å². The highest BCUT2D eigenvalue weighted by molar-refractivity contribution is 5.45. The van der Waals surface area contributed by atoms with Gasteiger partial charge >= 0.3 is 0 Å². The van der Waals surface area contributed by atoms with Crippen LogP contribution < -0.4 is 10.6 Å². The molecule has 0 aliphatic heterocycles. The van der Waals surface area contributed by atoms with E-state index in [1.807, 2.05) is 19.2 Å². The summed E-state index contributed by atoms with van der Waals surface area (Å²) in [6, 6.07) is 4.88. The first kappa shape index (κ1) is 10.4. The molecule has 1 aliphatic rings. The number of hydrogen-bond donors (Lipinski definition) is 1. The molecule has 0 saturated heterocycles. The summed E-state index contributed by atoms with van der Waals surface area (Å²) in [5.74, 6) is 0. The Morgan fingerprint density at radius 2 is 2.20 bits per heavy atom. The van der Waals surface area contributed by atoms with Crippen molar-refractivity contribution in [1.29, 1.82) is 0 Å². The van der Waals surface area contributed by atoms with Crippen LogP contribution in [0.25, 0.3) is 0 Å². The average molecular weight is 205 g/mol. The molecule has 0 amide bonds. The maximum atomic E-state index is 5.76. The third-order valence-electron chi connectivity index (χ3n) is 3.27. The Labute approximate surface area is 91.3 Å². The van der Waals surface area contributed by atoms with Crippen LogP contribution in [0.2, 0.25) is 0 Å². The second-order valence-electron chi connectivity index (χ2n) is 4.43. The summed E-state index contributed by atoms with van der Waals surface area (Å²) in [6.45, 7) is 1.96. The first-order chi connectivity index (χ1) is 7.18. The molecule has 0 spiro atoms. The predicted octanol–water partition coefficient (Wildman–Crippen LogP) is 2.09. The van der Waals surface area contributed by atoms with Crippen LogP contribution in [-0.4, -0.2) is 18.1 Å². The molecule has 1 aromatic heterocycles. The fourth-order valence-corrected chi connectivity index (χ4v) is 1.86. The predicted molar refractivity (Wildman–Crippen MR) is 62.9 cm³/mol. The summed E-state index contributed by atoms with van der Waals surface area (Å²) in [6.07, 6.45) is 5.91. The minimum Gasteiger partial charge on any atom is -0.370 e. The van der Waals surface area contributed by atoms with Crippen LogP contribution in [0, 0.1) is 0 Å². The largest absolute Gasteiger partial charge is 0.370 e. The van der Waals surface area contributed by atoms with Crippen molar-refractivity contribution in [3.8, 4) is 0 Å². The lowest BCUT2D eigenvalue weighted by Gasteiger charge is -2.36. The van der Waals surface area contributed by atoms with E-state index in [4.69, 9.17) is 5.73 Å². The van der Waals surface area contributed by atoms with Crippen molar-refractivity contribution in [2.75, 3.05) is 11.9 Å². The Bertz CT molecular complexity index is 314. The minimum absolute atomic E-state index is 0.0214. The summed E-state index contributed by atoms with van der Waals surface area (Å²) in [5, 5.41) is 0. The molecule has 1 aromatic rings. The smallest absolute Gasteiger partial charge is 0.0569 e. The van der Waals surface area contributed by atoms with E-state index in [0.29, 0.717) is 6.04 Å². The van der Waals surface area contributed by atoms with Crippen molar-refractivity contribution >= 4 is 5.69 Å². The molecule has 1 atom stereocenters. The number of anilines is 1. The summed E-state index contributed by atoms with van der Waals surface area (Å²) < 4.78 is 0. The van der Waals surface area contributed by atoms with E-state index in [-0.39, 0.29) is 6.04 Å². The fraction of sp³-hybridized carbons (Fsp3) is 0.583. The van der Waals surface area contributed by atoms with Crippen LogP contribution in [-0.2, 0) is 0 Å². The zero-order valence-corrected chi connectivity index (χ0v) is 9.48. The number of hydrogen-bond acceptors (Lipinski definition) is 3. The van der Waals surface area contributed by atoms with Gasteiger partial charge in [0.15, 0.2) is 0 Å². The van der Waals surface area contributed by atoms with Gasteiger partial charge in [0.25, 0.3) is 0 Å². The molecule has 3 nitrogen and oxygen atoms in total. The molecule has 1 unspecified atom stereocenters. The second kappa shape index (κ2) is 4.19. The van der Waals surface area contributed by atoms with E-state index >= 15 is 0 Å². The van der Waals surface area contributed by atoms with Crippen LogP contribution in [0.3, 0.4) is 0 Å². The lowest BCUT2D eigenvalue weighted by molar-refractivity contribution is 0.401. The molecule has 0 radical (unpaired) electrons. The molecule has 1 aliphatic carbocycles. The minimum atomic E-state index is 0.0214. The number of nitrogens with zero attached hydrogens (tertiary/aromatic N) is 2. The van der Waals surface area contributed by atoms with Crippen LogP contribution in [0.1, 0.15) is 37.9 Å². The monoisotopic (exact) mass is 205 g/mol. The third-order valence-corrected chi connectivity index (χ3v) is 3.27. The summed E-state index contributed by atoms with van der Waals surface area (Å²) >= 11 is 0. The maximum absolute atomic E-state index is 5.76. The van der Waals surface area contributed by atoms with Gasteiger partial charge in [-0.1, -0.05) is 0 Å². The Morgan fingerprint density at radius 3 is 2.60 bits per heavy atom. The average Bonchev–Trinajstić information content (AvgIpc) is 2.15. The molecule has 0 aromatic carbocycles. The Hall–Kier alpha value is -1.09. The molecular formula is C12H19N3. The van der Waals surface area contributed by atoms with E-state index in [1.165, 1.54) is 24.9 Å².